The maximum Gasteiger partial charge on any atom is 0.305 e. The van der Waals surface area contributed by atoms with Crippen molar-refractivity contribution in [2.45, 2.75) is 76.8 Å². The van der Waals surface area contributed by atoms with Gasteiger partial charge < -0.3 is 23.4 Å². The molecule has 10 nitrogen and oxygen atoms in total. The maximum atomic E-state index is 12.3. The molecule has 0 saturated carbocycles. The van der Waals surface area contributed by atoms with Crippen LogP contribution < -0.4 is 10.4 Å². The highest BCUT2D eigenvalue weighted by Gasteiger charge is 2.64. The molecule has 0 amide bonds. The molecular formula is C29H40O10SSi. The van der Waals surface area contributed by atoms with E-state index in [1.54, 1.807) is 0 Å². The molecule has 2 aromatic carbocycles. The van der Waals surface area contributed by atoms with Crippen molar-refractivity contribution in [1.82, 2.24) is 0 Å². The summed E-state index contributed by atoms with van der Waals surface area (Å²) < 4.78 is 60.3. The van der Waals surface area contributed by atoms with Crippen molar-refractivity contribution in [3.8, 4) is 0 Å². The third-order valence-corrected chi connectivity index (χ3v) is 12.8. The molecule has 1 fully saturated rings. The summed E-state index contributed by atoms with van der Waals surface area (Å²) in [5.74, 6) is -1.36. The standard InChI is InChI=1S/C29H40O10SSi/c1-20(39-40(8,32)33)29(26(34-7)25(36-21(2)30)27(38-29)37-22(3)31)19-35-41(28(4,5)6,23-15-11-9-12-16-23)24-17-13-10-14-18-24/h9-18,20,25-27H,19H2,1-8H3/t20-,25-,26+,27?,29+/m1/s1. The molecule has 12 heteroatoms. The average molecular weight is 609 g/mol. The quantitative estimate of drug-likeness (QED) is 0.214. The summed E-state index contributed by atoms with van der Waals surface area (Å²) in [7, 11) is -5.80. The van der Waals surface area contributed by atoms with E-state index in [1.165, 1.54) is 27.9 Å². The van der Waals surface area contributed by atoms with Gasteiger partial charge in [0.05, 0.1) is 12.9 Å². The Morgan fingerprint density at radius 3 is 1.83 bits per heavy atom. The lowest BCUT2D eigenvalue weighted by Gasteiger charge is -2.46. The van der Waals surface area contributed by atoms with Gasteiger partial charge >= 0.3 is 11.9 Å². The molecule has 0 bridgehead atoms. The number of methoxy groups -OCH3 is 1. The molecule has 1 unspecified atom stereocenters. The van der Waals surface area contributed by atoms with Crippen molar-refractivity contribution in [1.29, 1.82) is 0 Å². The predicted octanol–water partition coefficient (Wildman–Crippen LogP) is 2.53. The lowest BCUT2D eigenvalue weighted by Crippen LogP contribution is -2.69. The Labute approximate surface area is 243 Å². The predicted molar refractivity (Wildman–Crippen MR) is 155 cm³/mol. The fourth-order valence-electron chi connectivity index (χ4n) is 5.56. The number of carbonyl (C=O) groups excluding carboxylic acids is 2. The second-order valence-corrected chi connectivity index (χ2v) is 17.1. The lowest BCUT2D eigenvalue weighted by molar-refractivity contribution is -0.221. The highest BCUT2D eigenvalue weighted by Crippen LogP contribution is 2.43. The molecule has 1 saturated heterocycles. The van der Waals surface area contributed by atoms with Crippen molar-refractivity contribution in [3.63, 3.8) is 0 Å². The molecule has 0 aliphatic carbocycles. The van der Waals surface area contributed by atoms with Crippen LogP contribution in [0, 0.1) is 0 Å². The first-order valence-electron chi connectivity index (χ1n) is 13.3. The SMILES string of the molecule is CO[C@H]1[C@@H](OC(C)=O)C(OC(C)=O)O[C@@]1(CO[Si](c1ccccc1)(c1ccccc1)C(C)(C)C)[C@@H](C)OS(C)(=O)=O. The first kappa shape index (κ1) is 32.9. The topological polar surface area (TPSA) is 124 Å². The average Bonchev–Trinajstić information content (AvgIpc) is 3.15. The van der Waals surface area contributed by atoms with Crippen LogP contribution in [0.2, 0.25) is 5.04 Å². The summed E-state index contributed by atoms with van der Waals surface area (Å²) in [6.45, 7) is 9.92. The number of benzene rings is 2. The van der Waals surface area contributed by atoms with Crippen molar-refractivity contribution < 1.29 is 45.6 Å². The summed E-state index contributed by atoms with van der Waals surface area (Å²) in [4.78, 5) is 24.1. The highest BCUT2D eigenvalue weighted by atomic mass is 32.2. The van der Waals surface area contributed by atoms with E-state index in [9.17, 15) is 18.0 Å². The van der Waals surface area contributed by atoms with Gasteiger partial charge in [-0.3, -0.25) is 13.8 Å². The van der Waals surface area contributed by atoms with Gasteiger partial charge in [-0.15, -0.1) is 0 Å². The Morgan fingerprint density at radius 2 is 1.44 bits per heavy atom. The fourth-order valence-corrected chi connectivity index (χ4v) is 10.8. The van der Waals surface area contributed by atoms with Crippen LogP contribution in [0.5, 0.6) is 0 Å². The van der Waals surface area contributed by atoms with Crippen molar-refractivity contribution in [2.24, 2.45) is 0 Å². The van der Waals surface area contributed by atoms with Crippen LogP contribution in [0.4, 0.5) is 0 Å². The number of rotatable bonds is 11. The van der Waals surface area contributed by atoms with Crippen LogP contribution in [0.3, 0.4) is 0 Å². The minimum atomic E-state index is -3.99. The molecule has 2 aromatic rings. The lowest BCUT2D eigenvalue weighted by atomic mass is 9.90. The fraction of sp³-hybridized carbons (Fsp3) is 0.517. The molecule has 1 aliphatic heterocycles. The maximum absolute atomic E-state index is 12.3. The molecule has 1 heterocycles. The van der Waals surface area contributed by atoms with E-state index in [0.717, 1.165) is 16.6 Å². The van der Waals surface area contributed by atoms with Gasteiger partial charge in [0.1, 0.15) is 12.2 Å². The Morgan fingerprint density at radius 1 is 0.951 bits per heavy atom. The van der Waals surface area contributed by atoms with Crippen LogP contribution in [0.1, 0.15) is 41.5 Å². The third-order valence-electron chi connectivity index (χ3n) is 7.16. The molecular weight excluding hydrogens is 568 g/mol. The van der Waals surface area contributed by atoms with Gasteiger partial charge in [-0.2, -0.15) is 8.42 Å². The van der Waals surface area contributed by atoms with E-state index in [-0.39, 0.29) is 6.61 Å². The van der Waals surface area contributed by atoms with E-state index >= 15 is 0 Å². The molecule has 0 spiro atoms. The van der Waals surface area contributed by atoms with Gasteiger partial charge in [-0.1, -0.05) is 81.4 Å². The summed E-state index contributed by atoms with van der Waals surface area (Å²) in [6.07, 6.45) is -4.06. The van der Waals surface area contributed by atoms with E-state index in [4.69, 9.17) is 27.6 Å². The molecule has 226 valence electrons. The van der Waals surface area contributed by atoms with Gasteiger partial charge in [0, 0.05) is 21.0 Å². The van der Waals surface area contributed by atoms with Gasteiger partial charge in [0.2, 0.25) is 6.29 Å². The van der Waals surface area contributed by atoms with Crippen molar-refractivity contribution >= 4 is 40.7 Å². The molecule has 3 rings (SSSR count). The van der Waals surface area contributed by atoms with E-state index < -0.39 is 65.6 Å². The Bertz CT molecular complexity index is 1260. The molecule has 0 radical (unpaired) electrons. The number of hydrogen-bond donors (Lipinski definition) is 0. The monoisotopic (exact) mass is 608 g/mol. The minimum absolute atomic E-state index is 0.245. The number of ether oxygens (including phenoxy) is 4. The van der Waals surface area contributed by atoms with Gasteiger partial charge in [0.15, 0.2) is 11.7 Å². The third kappa shape index (κ3) is 7.07. The molecule has 5 atom stereocenters. The molecule has 0 aromatic heterocycles. The van der Waals surface area contributed by atoms with E-state index in [1.807, 2.05) is 60.7 Å². The normalized spacial score (nSPS) is 24.0. The van der Waals surface area contributed by atoms with Crippen LogP contribution >= 0.6 is 0 Å². The van der Waals surface area contributed by atoms with Crippen LogP contribution in [0.25, 0.3) is 0 Å². The Kier molecular flexibility index (Phi) is 10.2. The van der Waals surface area contributed by atoms with Crippen LogP contribution in [-0.2, 0) is 47.3 Å². The molecule has 1 aliphatic rings. The van der Waals surface area contributed by atoms with Gasteiger partial charge in [-0.05, 0) is 22.3 Å². The summed E-state index contributed by atoms with van der Waals surface area (Å²) in [5, 5.41) is 1.53. The number of hydrogen-bond acceptors (Lipinski definition) is 10. The smallest absolute Gasteiger partial charge is 0.305 e. The van der Waals surface area contributed by atoms with E-state index in [0.29, 0.717) is 0 Å². The summed E-state index contributed by atoms with van der Waals surface area (Å²) in [5.41, 5.74) is -1.69. The second-order valence-electron chi connectivity index (χ2n) is 11.2. The highest BCUT2D eigenvalue weighted by molar-refractivity contribution is 7.86. The zero-order chi connectivity index (χ0) is 30.6. The van der Waals surface area contributed by atoms with Crippen molar-refractivity contribution in [2.75, 3.05) is 20.0 Å². The zero-order valence-corrected chi connectivity index (χ0v) is 26.6. The second kappa shape index (κ2) is 12.7. The Hall–Kier alpha value is -2.61. The molecule has 41 heavy (non-hydrogen) atoms. The van der Waals surface area contributed by atoms with Gasteiger partial charge in [-0.25, -0.2) is 0 Å². The first-order chi connectivity index (χ1) is 19.1. The molecule has 0 N–H and O–H groups in total. The van der Waals surface area contributed by atoms with Crippen LogP contribution in [0.15, 0.2) is 60.7 Å². The summed E-state index contributed by atoms with van der Waals surface area (Å²) in [6, 6.07) is 19.7. The van der Waals surface area contributed by atoms with Gasteiger partial charge in [0.25, 0.3) is 18.4 Å². The Balaban J connectivity index is 2.24. The zero-order valence-electron chi connectivity index (χ0n) is 24.8. The largest absolute Gasteiger partial charge is 0.453 e. The number of esters is 2. The summed E-state index contributed by atoms with van der Waals surface area (Å²) >= 11 is 0. The number of carbonyl (C=O) groups is 2. The van der Waals surface area contributed by atoms with E-state index in [2.05, 4.69) is 20.8 Å². The van der Waals surface area contributed by atoms with Crippen LogP contribution in [-0.4, -0.2) is 78.8 Å². The first-order valence-corrected chi connectivity index (χ1v) is 17.0. The minimum Gasteiger partial charge on any atom is -0.453 e. The van der Waals surface area contributed by atoms with Crippen molar-refractivity contribution in [3.05, 3.63) is 60.7 Å².